The van der Waals surface area contributed by atoms with E-state index in [4.69, 9.17) is 0 Å². The lowest BCUT2D eigenvalue weighted by molar-refractivity contribution is 0.478. The third kappa shape index (κ3) is 2.97. The minimum Gasteiger partial charge on any atom is -0.505 e. The number of hydrogen-bond donors (Lipinski definition) is 4. The third-order valence-electron chi connectivity index (χ3n) is 4.80. The summed E-state index contributed by atoms with van der Waals surface area (Å²) in [5.74, 6) is -0.320. The van der Waals surface area contributed by atoms with E-state index in [1.54, 1.807) is 54.2 Å². The average molecular weight is 441 g/mol. The SMILES string of the molecule is O=c1c(C2=NS(O)(O)c3ccccc3N2)c(O)c2sccc2n1Cc1cccnc1. The molecule has 3 aromatic heterocycles. The molecule has 152 valence electrons. The number of amidine groups is 1. The van der Waals surface area contributed by atoms with Gasteiger partial charge >= 0.3 is 0 Å². The van der Waals surface area contributed by atoms with Gasteiger partial charge in [0, 0.05) is 12.4 Å². The highest BCUT2D eigenvalue weighted by Gasteiger charge is 2.30. The summed E-state index contributed by atoms with van der Waals surface area (Å²) in [4.78, 5) is 17.8. The number of hydrogen-bond acceptors (Lipinski definition) is 8. The maximum absolute atomic E-state index is 13.4. The molecule has 8 nitrogen and oxygen atoms in total. The Morgan fingerprint density at radius 1 is 1.13 bits per heavy atom. The van der Waals surface area contributed by atoms with Crippen LogP contribution in [0.15, 0.2) is 74.3 Å². The molecule has 30 heavy (non-hydrogen) atoms. The molecule has 4 heterocycles. The van der Waals surface area contributed by atoms with E-state index in [1.165, 1.54) is 15.9 Å². The van der Waals surface area contributed by atoms with Crippen LogP contribution in [0.25, 0.3) is 10.2 Å². The van der Waals surface area contributed by atoms with Crippen LogP contribution in [0.1, 0.15) is 11.1 Å². The Balaban J connectivity index is 1.73. The average Bonchev–Trinajstić information content (AvgIpc) is 3.22. The topological polar surface area (TPSA) is 120 Å². The van der Waals surface area contributed by atoms with Crippen molar-refractivity contribution in [1.82, 2.24) is 9.55 Å². The van der Waals surface area contributed by atoms with E-state index in [2.05, 4.69) is 14.7 Å². The van der Waals surface area contributed by atoms with Gasteiger partial charge in [0.05, 0.1) is 22.4 Å². The predicted molar refractivity (Wildman–Crippen MR) is 119 cm³/mol. The maximum atomic E-state index is 13.4. The summed E-state index contributed by atoms with van der Waals surface area (Å²) in [6.07, 6.45) is 3.32. The van der Waals surface area contributed by atoms with E-state index in [1.807, 2.05) is 6.07 Å². The molecule has 0 saturated carbocycles. The Labute approximate surface area is 176 Å². The second-order valence-corrected chi connectivity index (χ2v) is 9.27. The van der Waals surface area contributed by atoms with E-state index in [9.17, 15) is 19.0 Å². The van der Waals surface area contributed by atoms with Crippen LogP contribution in [0.2, 0.25) is 0 Å². The molecule has 4 N–H and O–H groups in total. The molecule has 0 radical (unpaired) electrons. The lowest BCUT2D eigenvalue weighted by Gasteiger charge is -2.34. The highest BCUT2D eigenvalue weighted by atomic mass is 32.3. The summed E-state index contributed by atoms with van der Waals surface area (Å²) in [6, 6.07) is 12.0. The number of benzene rings is 1. The van der Waals surface area contributed by atoms with E-state index in [-0.39, 0.29) is 28.6 Å². The number of rotatable bonds is 3. The van der Waals surface area contributed by atoms with Gasteiger partial charge in [-0.05, 0) is 35.2 Å². The predicted octanol–water partition coefficient (Wildman–Crippen LogP) is 4.11. The number of anilines is 1. The van der Waals surface area contributed by atoms with Crippen molar-refractivity contribution in [2.24, 2.45) is 4.40 Å². The first kappa shape index (κ1) is 18.8. The lowest BCUT2D eigenvalue weighted by Crippen LogP contribution is -2.32. The molecule has 1 aliphatic rings. The summed E-state index contributed by atoms with van der Waals surface area (Å²) >= 11 is 1.28. The van der Waals surface area contributed by atoms with Crippen molar-refractivity contribution in [3.05, 3.63) is 81.7 Å². The van der Waals surface area contributed by atoms with Crippen LogP contribution >= 0.6 is 22.1 Å². The van der Waals surface area contributed by atoms with E-state index >= 15 is 0 Å². The first-order valence-electron chi connectivity index (χ1n) is 8.92. The van der Waals surface area contributed by atoms with Crippen molar-refractivity contribution >= 4 is 43.9 Å². The fourth-order valence-corrected chi connectivity index (χ4v) is 5.45. The van der Waals surface area contributed by atoms with Crippen LogP contribution in [-0.2, 0) is 6.54 Å². The first-order valence-corrected chi connectivity index (χ1v) is 11.3. The fourth-order valence-electron chi connectivity index (χ4n) is 3.44. The Morgan fingerprint density at radius 2 is 1.97 bits per heavy atom. The van der Waals surface area contributed by atoms with Crippen LogP contribution in [0, 0.1) is 0 Å². The summed E-state index contributed by atoms with van der Waals surface area (Å²) < 4.78 is 27.1. The molecule has 1 aromatic carbocycles. The Bertz CT molecular complexity index is 1360. The zero-order valence-corrected chi connectivity index (χ0v) is 17.0. The van der Waals surface area contributed by atoms with Crippen molar-refractivity contribution in [3.8, 4) is 5.75 Å². The van der Waals surface area contributed by atoms with Gasteiger partial charge in [-0.1, -0.05) is 29.0 Å². The van der Waals surface area contributed by atoms with Gasteiger partial charge in [0.2, 0.25) is 0 Å². The van der Waals surface area contributed by atoms with Crippen molar-refractivity contribution in [1.29, 1.82) is 0 Å². The second-order valence-electron chi connectivity index (χ2n) is 6.69. The highest BCUT2D eigenvalue weighted by molar-refractivity contribution is 8.23. The molecule has 4 aromatic rings. The largest absolute Gasteiger partial charge is 0.505 e. The molecule has 0 atom stereocenters. The smallest absolute Gasteiger partial charge is 0.266 e. The molecule has 0 saturated heterocycles. The van der Waals surface area contributed by atoms with Crippen molar-refractivity contribution in [3.63, 3.8) is 0 Å². The number of para-hydroxylation sites is 1. The molecule has 1 aliphatic heterocycles. The minimum atomic E-state index is -3.52. The monoisotopic (exact) mass is 440 g/mol. The quantitative estimate of drug-likeness (QED) is 0.381. The molecular weight excluding hydrogens is 424 g/mol. The van der Waals surface area contributed by atoms with Gasteiger partial charge in [-0.25, -0.2) is 0 Å². The van der Waals surface area contributed by atoms with E-state index in [0.29, 0.717) is 15.9 Å². The number of nitrogens with one attached hydrogen (secondary N) is 1. The highest BCUT2D eigenvalue weighted by Crippen LogP contribution is 2.55. The van der Waals surface area contributed by atoms with Crippen LogP contribution < -0.4 is 10.9 Å². The summed E-state index contributed by atoms with van der Waals surface area (Å²) in [6.45, 7) is 0.243. The summed E-state index contributed by atoms with van der Waals surface area (Å²) in [5, 5.41) is 15.6. The van der Waals surface area contributed by atoms with Crippen LogP contribution in [-0.4, -0.2) is 29.6 Å². The number of pyridine rings is 2. The van der Waals surface area contributed by atoms with Crippen molar-refractivity contribution in [2.75, 3.05) is 5.32 Å². The molecule has 0 unspecified atom stereocenters. The molecule has 0 bridgehead atoms. The molecular formula is C20H16N4O4S2. The van der Waals surface area contributed by atoms with Gasteiger partial charge < -0.3 is 15.0 Å². The van der Waals surface area contributed by atoms with E-state index < -0.39 is 16.3 Å². The molecule has 5 rings (SSSR count). The number of aromatic hydroxyl groups is 1. The van der Waals surface area contributed by atoms with Crippen molar-refractivity contribution < 1.29 is 14.2 Å². The number of aromatic nitrogens is 2. The third-order valence-corrected chi connectivity index (χ3v) is 7.09. The van der Waals surface area contributed by atoms with Gasteiger partial charge in [-0.2, -0.15) is 0 Å². The Hall–Kier alpha value is -3.18. The molecule has 10 heteroatoms. The molecule has 0 aliphatic carbocycles. The Morgan fingerprint density at radius 3 is 2.77 bits per heavy atom. The zero-order chi connectivity index (χ0) is 20.9. The van der Waals surface area contributed by atoms with Gasteiger partial charge in [0.25, 0.3) is 5.56 Å². The minimum absolute atomic E-state index is 0.0774. The number of fused-ring (bicyclic) bond motifs is 2. The van der Waals surface area contributed by atoms with Gasteiger partial charge in [-0.15, -0.1) is 15.7 Å². The first-order chi connectivity index (χ1) is 14.5. The number of nitrogens with zero attached hydrogens (tertiary/aromatic N) is 3. The van der Waals surface area contributed by atoms with Gasteiger partial charge in [-0.3, -0.25) is 18.9 Å². The Kier molecular flexibility index (Phi) is 4.36. The zero-order valence-electron chi connectivity index (χ0n) is 15.4. The van der Waals surface area contributed by atoms with E-state index in [0.717, 1.165) is 5.56 Å². The number of thiophene rings is 1. The molecule has 0 amide bonds. The normalized spacial score (nSPS) is 15.9. The fraction of sp³-hybridized carbons (Fsp3) is 0.0500. The molecule has 0 spiro atoms. The summed E-state index contributed by atoms with van der Waals surface area (Å²) in [7, 11) is -3.52. The summed E-state index contributed by atoms with van der Waals surface area (Å²) in [5.41, 5.74) is 1.22. The second kappa shape index (κ2) is 6.96. The van der Waals surface area contributed by atoms with Gasteiger partial charge in [0.1, 0.15) is 10.5 Å². The lowest BCUT2D eigenvalue weighted by atomic mass is 10.1. The van der Waals surface area contributed by atoms with Crippen LogP contribution in [0.4, 0.5) is 5.69 Å². The van der Waals surface area contributed by atoms with Crippen LogP contribution in [0.3, 0.4) is 0 Å². The van der Waals surface area contributed by atoms with Crippen LogP contribution in [0.5, 0.6) is 5.75 Å². The standard InChI is InChI=1S/C20H16N4O4S2/c25-17-16(19-22-13-5-1-2-6-15(13)30(27,28)23-19)20(26)24(14-7-9-29-18(14)17)11-12-4-3-8-21-10-12/h1-10,25,27-28H,11H2,(H,22,23). The van der Waals surface area contributed by atoms with Crippen molar-refractivity contribution in [2.45, 2.75) is 11.4 Å². The van der Waals surface area contributed by atoms with Gasteiger partial charge in [0.15, 0.2) is 11.6 Å². The molecule has 0 fully saturated rings. The maximum Gasteiger partial charge on any atom is 0.266 e.